The van der Waals surface area contributed by atoms with E-state index >= 15 is 0 Å². The molecule has 2 aromatic heterocycles. The lowest BCUT2D eigenvalue weighted by Crippen LogP contribution is -2.35. The number of benzene rings is 4. The van der Waals surface area contributed by atoms with E-state index in [4.69, 9.17) is 4.74 Å². The molecule has 0 fully saturated rings. The molecule has 9 rings (SSSR count). The van der Waals surface area contributed by atoms with E-state index in [9.17, 15) is 0 Å². The summed E-state index contributed by atoms with van der Waals surface area (Å²) >= 11 is 7.17. The molecule has 0 radical (unpaired) electrons. The third kappa shape index (κ3) is 6.86. The molecule has 242 valence electrons. The number of ether oxygens (including phenoxy) is 1. The molecule has 4 aromatic carbocycles. The zero-order chi connectivity index (χ0) is 31.0. The minimum atomic E-state index is 0. The molecule has 0 spiro atoms. The van der Waals surface area contributed by atoms with Crippen LogP contribution in [0.5, 0.6) is 0 Å². The molecule has 2 heterocycles. The number of fused-ring (bicyclic) bond motifs is 7. The standard InChI is InChI=1S/C21H21BrN2.C19H18BrNO.ClH/c22-15-8-9-17-18-6-3-7-19(21(18)24-20(17)12-15)23-16-10-13-4-1-2-5-14(13)11-16;20-14-9-10-17-16(11-14)15-7-4-8-18(19(15)21-17)22-12-13-5-2-1-3-6-13;/h1-2,4-5,8-9,12,16,19,23-24H,3,6-7,10-11H2;1-3,5-6,9-11,18,21H,4,7-8,12H2;1H. The van der Waals surface area contributed by atoms with Crippen LogP contribution in [0.15, 0.2) is 99.9 Å². The van der Waals surface area contributed by atoms with Gasteiger partial charge in [0, 0.05) is 54.2 Å². The van der Waals surface area contributed by atoms with Gasteiger partial charge in [-0.3, -0.25) is 0 Å². The van der Waals surface area contributed by atoms with Gasteiger partial charge in [-0.2, -0.15) is 0 Å². The number of aryl methyl sites for hydroxylation is 2. The number of halogens is 3. The number of rotatable bonds is 5. The summed E-state index contributed by atoms with van der Waals surface area (Å²) in [7, 11) is 0. The predicted molar refractivity (Wildman–Crippen MR) is 203 cm³/mol. The third-order valence-corrected chi connectivity index (χ3v) is 11.1. The van der Waals surface area contributed by atoms with Gasteiger partial charge in [0.25, 0.3) is 0 Å². The van der Waals surface area contributed by atoms with E-state index in [1.165, 1.54) is 86.7 Å². The molecule has 2 unspecified atom stereocenters. The van der Waals surface area contributed by atoms with Crippen molar-refractivity contribution in [2.24, 2.45) is 0 Å². The summed E-state index contributed by atoms with van der Waals surface area (Å²) in [5, 5.41) is 6.68. The summed E-state index contributed by atoms with van der Waals surface area (Å²) in [6, 6.07) is 33.4. The maximum atomic E-state index is 6.21. The smallest absolute Gasteiger partial charge is 0.0980 e. The summed E-state index contributed by atoms with van der Waals surface area (Å²) in [5.74, 6) is 0. The molecule has 0 saturated heterocycles. The highest BCUT2D eigenvalue weighted by atomic mass is 79.9. The van der Waals surface area contributed by atoms with Crippen molar-refractivity contribution in [1.82, 2.24) is 15.3 Å². The Hall–Kier alpha value is -2.87. The Labute approximate surface area is 299 Å². The van der Waals surface area contributed by atoms with Crippen LogP contribution >= 0.6 is 44.3 Å². The number of aromatic nitrogens is 2. The van der Waals surface area contributed by atoms with Crippen LogP contribution in [-0.2, 0) is 37.0 Å². The van der Waals surface area contributed by atoms with Crippen LogP contribution in [0.25, 0.3) is 21.8 Å². The third-order valence-electron chi connectivity index (χ3n) is 10.1. The minimum absolute atomic E-state index is 0. The van der Waals surface area contributed by atoms with E-state index in [0.717, 1.165) is 34.6 Å². The van der Waals surface area contributed by atoms with E-state index < -0.39 is 0 Å². The van der Waals surface area contributed by atoms with Crippen LogP contribution in [0.1, 0.15) is 77.0 Å². The fourth-order valence-corrected chi connectivity index (χ4v) is 8.62. The number of nitrogens with one attached hydrogen (secondary N) is 3. The van der Waals surface area contributed by atoms with Crippen LogP contribution in [0.2, 0.25) is 0 Å². The highest BCUT2D eigenvalue weighted by Gasteiger charge is 2.29. The van der Waals surface area contributed by atoms with Crippen molar-refractivity contribution >= 4 is 66.1 Å². The number of hydrogen-bond donors (Lipinski definition) is 3. The second-order valence-corrected chi connectivity index (χ2v) is 14.9. The largest absolute Gasteiger partial charge is 0.367 e. The van der Waals surface area contributed by atoms with Gasteiger partial charge in [0.15, 0.2) is 0 Å². The van der Waals surface area contributed by atoms with Gasteiger partial charge >= 0.3 is 0 Å². The van der Waals surface area contributed by atoms with Crippen molar-refractivity contribution in [2.45, 2.75) is 76.2 Å². The highest BCUT2D eigenvalue weighted by molar-refractivity contribution is 9.10. The second-order valence-electron chi connectivity index (χ2n) is 13.1. The lowest BCUT2D eigenvalue weighted by atomic mass is 9.91. The Kier molecular flexibility index (Phi) is 9.95. The average Bonchev–Trinajstić information content (AvgIpc) is 3.77. The van der Waals surface area contributed by atoms with Gasteiger partial charge in [-0.25, -0.2) is 0 Å². The highest BCUT2D eigenvalue weighted by Crippen LogP contribution is 2.39. The predicted octanol–water partition coefficient (Wildman–Crippen LogP) is 11.0. The van der Waals surface area contributed by atoms with Crippen molar-refractivity contribution < 1.29 is 4.74 Å². The maximum absolute atomic E-state index is 6.21. The molecule has 0 amide bonds. The summed E-state index contributed by atoms with van der Waals surface area (Å²) in [4.78, 5) is 7.29. The van der Waals surface area contributed by atoms with Crippen molar-refractivity contribution in [3.05, 3.63) is 139 Å². The second kappa shape index (κ2) is 14.3. The average molecular weight is 774 g/mol. The zero-order valence-corrected chi connectivity index (χ0v) is 30.3. The molecule has 2 atom stereocenters. The first kappa shape index (κ1) is 32.7. The fraction of sp³-hybridized carbons (Fsp3) is 0.300. The molecule has 4 nitrogen and oxygen atoms in total. The van der Waals surface area contributed by atoms with E-state index in [-0.39, 0.29) is 18.5 Å². The number of hydrogen-bond acceptors (Lipinski definition) is 2. The minimum Gasteiger partial charge on any atom is -0.367 e. The molecule has 0 saturated carbocycles. The molecule has 3 N–H and O–H groups in total. The van der Waals surface area contributed by atoms with Crippen molar-refractivity contribution in [1.29, 1.82) is 0 Å². The summed E-state index contributed by atoms with van der Waals surface area (Å²) in [6.07, 6.45) is 9.61. The first-order valence-corrected chi connectivity index (χ1v) is 18.3. The van der Waals surface area contributed by atoms with Crippen LogP contribution in [-0.4, -0.2) is 16.0 Å². The van der Waals surface area contributed by atoms with Gasteiger partial charge in [-0.15, -0.1) is 12.4 Å². The Bertz CT molecular complexity index is 1980. The Balaban J connectivity index is 0.000000147. The molecule has 7 heteroatoms. The normalized spacial score (nSPS) is 18.6. The van der Waals surface area contributed by atoms with Crippen molar-refractivity contribution in [3.63, 3.8) is 0 Å². The number of aromatic amines is 2. The maximum Gasteiger partial charge on any atom is 0.0980 e. The van der Waals surface area contributed by atoms with E-state index in [1.54, 1.807) is 0 Å². The van der Waals surface area contributed by atoms with Gasteiger partial charge in [0.05, 0.1) is 12.7 Å². The molecule has 3 aliphatic carbocycles. The summed E-state index contributed by atoms with van der Waals surface area (Å²) < 4.78 is 8.49. The lowest BCUT2D eigenvalue weighted by molar-refractivity contribution is 0.0260. The Morgan fingerprint density at radius 2 is 1.34 bits per heavy atom. The zero-order valence-electron chi connectivity index (χ0n) is 26.3. The Morgan fingerprint density at radius 3 is 2.13 bits per heavy atom. The number of H-pyrrole nitrogens is 2. The van der Waals surface area contributed by atoms with Crippen LogP contribution in [0.4, 0.5) is 0 Å². The van der Waals surface area contributed by atoms with E-state index in [2.05, 4.69) is 132 Å². The van der Waals surface area contributed by atoms with Gasteiger partial charge in [-0.1, -0.05) is 92.5 Å². The van der Waals surface area contributed by atoms with Gasteiger partial charge in [0.2, 0.25) is 0 Å². The first-order valence-electron chi connectivity index (χ1n) is 16.7. The van der Waals surface area contributed by atoms with Crippen LogP contribution < -0.4 is 5.32 Å². The lowest BCUT2D eigenvalue weighted by Gasteiger charge is -2.27. The molecule has 0 bridgehead atoms. The molecule has 0 aliphatic heterocycles. The molecular formula is C40H40Br2ClN3O. The van der Waals surface area contributed by atoms with Gasteiger partial charge in [0.1, 0.15) is 0 Å². The van der Waals surface area contributed by atoms with Gasteiger partial charge < -0.3 is 20.0 Å². The van der Waals surface area contributed by atoms with Gasteiger partial charge in [-0.05, 0) is 110 Å². The van der Waals surface area contributed by atoms with Crippen LogP contribution in [0.3, 0.4) is 0 Å². The fourth-order valence-electron chi connectivity index (χ4n) is 7.90. The Morgan fingerprint density at radius 1 is 0.681 bits per heavy atom. The van der Waals surface area contributed by atoms with Crippen LogP contribution in [0, 0.1) is 0 Å². The molecule has 6 aromatic rings. The van der Waals surface area contributed by atoms with E-state index in [1.807, 2.05) is 6.07 Å². The van der Waals surface area contributed by atoms with E-state index in [0.29, 0.717) is 18.7 Å². The molecule has 47 heavy (non-hydrogen) atoms. The monoisotopic (exact) mass is 771 g/mol. The molecule has 3 aliphatic rings. The van der Waals surface area contributed by atoms with Crippen molar-refractivity contribution in [3.8, 4) is 0 Å². The summed E-state index contributed by atoms with van der Waals surface area (Å²) in [5.41, 5.74) is 12.4. The van der Waals surface area contributed by atoms with Crippen molar-refractivity contribution in [2.75, 3.05) is 0 Å². The quantitative estimate of drug-likeness (QED) is 0.163. The first-order chi connectivity index (χ1) is 22.6. The SMILES string of the molecule is Brc1ccc2[nH]c3c(c2c1)CCCC3OCc1ccccc1.Brc1ccc2c3c([nH]c2c1)C(NC1Cc2ccccc2C1)CCC3.Cl. The molecular weight excluding hydrogens is 734 g/mol. The summed E-state index contributed by atoms with van der Waals surface area (Å²) in [6.45, 7) is 0.671. The topological polar surface area (TPSA) is 52.8 Å².